The Kier molecular flexibility index (Phi) is 8.89. The normalized spacial score (nSPS) is 19.2. The quantitative estimate of drug-likeness (QED) is 0.496. The van der Waals surface area contributed by atoms with Crippen molar-refractivity contribution in [3.63, 3.8) is 0 Å². The summed E-state index contributed by atoms with van der Waals surface area (Å²) < 4.78 is 1.49. The number of rotatable bonds is 5. The fourth-order valence-electron chi connectivity index (χ4n) is 5.36. The highest BCUT2D eigenvalue weighted by atomic mass is 35.5. The molecule has 12 heteroatoms. The fraction of sp³-hybridized carbons (Fsp3) is 0.444. The van der Waals surface area contributed by atoms with Gasteiger partial charge in [0.05, 0.1) is 17.5 Å². The van der Waals surface area contributed by atoms with Gasteiger partial charge in [-0.25, -0.2) is 14.8 Å². The molecule has 3 aromatic rings. The lowest BCUT2D eigenvalue weighted by molar-refractivity contribution is -0.131. The number of fused-ring (bicyclic) bond motifs is 1. The van der Waals surface area contributed by atoms with E-state index in [0.717, 1.165) is 43.7 Å². The molecule has 2 N–H and O–H groups in total. The minimum absolute atomic E-state index is 0. The third-order valence-electron chi connectivity index (χ3n) is 7.61. The van der Waals surface area contributed by atoms with Crippen LogP contribution in [0.25, 0.3) is 11.0 Å². The van der Waals surface area contributed by atoms with Gasteiger partial charge in [-0.15, -0.1) is 12.4 Å². The zero-order chi connectivity index (χ0) is 26.6. The molecule has 2 aliphatic heterocycles. The van der Waals surface area contributed by atoms with Crippen LogP contribution in [0.1, 0.15) is 19.8 Å². The average molecular weight is 552 g/mol. The first-order valence-corrected chi connectivity index (χ1v) is 13.0. The first-order valence-electron chi connectivity index (χ1n) is 13.0. The molecule has 0 unspecified atom stereocenters. The summed E-state index contributed by atoms with van der Waals surface area (Å²) in [5.74, 6) is 0.883. The molecule has 1 aromatic carbocycles. The van der Waals surface area contributed by atoms with Gasteiger partial charge in [-0.1, -0.05) is 6.92 Å². The highest BCUT2D eigenvalue weighted by molar-refractivity contribution is 6.00. The Labute approximate surface area is 234 Å². The number of benzene rings is 1. The lowest BCUT2D eigenvalue weighted by Gasteiger charge is -2.42. The van der Waals surface area contributed by atoms with Gasteiger partial charge >= 0.3 is 6.03 Å². The maximum absolute atomic E-state index is 13.2. The van der Waals surface area contributed by atoms with Crippen LogP contribution >= 0.6 is 12.4 Å². The van der Waals surface area contributed by atoms with Crippen LogP contribution in [0.5, 0.6) is 0 Å². The second-order valence-corrected chi connectivity index (χ2v) is 9.95. The molecule has 39 heavy (non-hydrogen) atoms. The van der Waals surface area contributed by atoms with Gasteiger partial charge < -0.3 is 25.3 Å². The van der Waals surface area contributed by atoms with Crippen LogP contribution in [-0.2, 0) is 4.79 Å². The highest BCUT2D eigenvalue weighted by Crippen LogP contribution is 2.30. The van der Waals surface area contributed by atoms with Crippen molar-refractivity contribution in [3.8, 4) is 6.07 Å². The minimum atomic E-state index is -0.304. The summed E-state index contributed by atoms with van der Waals surface area (Å²) in [6.45, 7) is 7.20. The number of piperazine rings is 1. The molecule has 2 saturated heterocycles. The van der Waals surface area contributed by atoms with Crippen LogP contribution < -0.4 is 20.4 Å². The molecule has 2 aliphatic rings. The Morgan fingerprint density at radius 1 is 1.15 bits per heavy atom. The van der Waals surface area contributed by atoms with Gasteiger partial charge in [0.1, 0.15) is 18.6 Å². The second kappa shape index (κ2) is 12.3. The molecular formula is C27H34ClN9O2. The number of likely N-dealkylation sites (tertiary alicyclic amines) is 1. The fourth-order valence-corrected chi connectivity index (χ4v) is 5.36. The lowest BCUT2D eigenvalue weighted by Crippen LogP contribution is -2.52. The van der Waals surface area contributed by atoms with Crippen LogP contribution in [0.3, 0.4) is 0 Å². The average Bonchev–Trinajstić information content (AvgIpc) is 3.39. The number of hydrogen-bond acceptors (Lipinski definition) is 8. The summed E-state index contributed by atoms with van der Waals surface area (Å²) >= 11 is 0. The molecule has 0 radical (unpaired) electrons. The van der Waals surface area contributed by atoms with Gasteiger partial charge in [-0.2, -0.15) is 5.26 Å². The summed E-state index contributed by atoms with van der Waals surface area (Å²) in [6.07, 6.45) is 3.90. The van der Waals surface area contributed by atoms with Crippen LogP contribution in [0.2, 0.25) is 0 Å². The van der Waals surface area contributed by atoms with Crippen LogP contribution in [0.4, 0.5) is 22.0 Å². The molecule has 2 fully saturated rings. The van der Waals surface area contributed by atoms with Crippen LogP contribution in [-0.4, -0.2) is 83.7 Å². The first kappa shape index (κ1) is 28.1. The van der Waals surface area contributed by atoms with Crippen LogP contribution in [0, 0.1) is 17.2 Å². The van der Waals surface area contributed by atoms with Gasteiger partial charge in [0.2, 0.25) is 5.91 Å². The topological polar surface area (TPSA) is 122 Å². The second-order valence-electron chi connectivity index (χ2n) is 9.95. The number of nitrogens with zero attached hydrogens (tertiary/aromatic N) is 7. The van der Waals surface area contributed by atoms with E-state index in [1.54, 1.807) is 11.1 Å². The Balaban J connectivity index is 0.00000353. The van der Waals surface area contributed by atoms with Crippen molar-refractivity contribution in [2.24, 2.45) is 5.92 Å². The number of nitrogens with one attached hydrogen (secondary N) is 2. The highest BCUT2D eigenvalue weighted by Gasteiger charge is 2.33. The minimum Gasteiger partial charge on any atom is -0.369 e. The monoisotopic (exact) mass is 551 g/mol. The SMILES string of the molecule is C[C@@H]1CCN(C(=O)CC#N)C[C@@H]1N(C)c1ncnc2c1ccn2C(=O)Nc1ccc(N2CCNCC2)cc1.Cl. The number of piperidine rings is 1. The predicted octanol–water partition coefficient (Wildman–Crippen LogP) is 2.93. The zero-order valence-electron chi connectivity index (χ0n) is 22.2. The van der Waals surface area contributed by atoms with E-state index in [-0.39, 0.29) is 36.8 Å². The van der Waals surface area contributed by atoms with Crippen molar-refractivity contribution in [2.75, 3.05) is 61.4 Å². The molecule has 0 saturated carbocycles. The number of carbonyl (C=O) groups is 2. The molecule has 2 amide bonds. The first-order chi connectivity index (χ1) is 18.5. The zero-order valence-corrected chi connectivity index (χ0v) is 23.0. The third-order valence-corrected chi connectivity index (χ3v) is 7.61. The molecule has 4 heterocycles. The number of nitriles is 1. The Bertz CT molecular complexity index is 1350. The Hall–Kier alpha value is -3.88. The lowest BCUT2D eigenvalue weighted by atomic mass is 9.92. The van der Waals surface area contributed by atoms with Gasteiger partial charge in [0.15, 0.2) is 5.65 Å². The summed E-state index contributed by atoms with van der Waals surface area (Å²) in [5, 5.41) is 16.0. The summed E-state index contributed by atoms with van der Waals surface area (Å²) in [6, 6.07) is 11.4. The molecule has 0 spiro atoms. The molecule has 0 bridgehead atoms. The number of amides is 2. The Morgan fingerprint density at radius 3 is 2.62 bits per heavy atom. The number of likely N-dealkylation sites (N-methyl/N-ethyl adjacent to an activating group) is 1. The van der Waals surface area contributed by atoms with Gasteiger partial charge in [0.25, 0.3) is 0 Å². The molecular weight excluding hydrogens is 518 g/mol. The van der Waals surface area contributed by atoms with Crippen molar-refractivity contribution in [2.45, 2.75) is 25.8 Å². The van der Waals surface area contributed by atoms with E-state index in [1.165, 1.54) is 10.9 Å². The maximum Gasteiger partial charge on any atom is 0.331 e. The number of anilines is 3. The smallest absolute Gasteiger partial charge is 0.331 e. The van der Waals surface area contributed by atoms with Crippen molar-refractivity contribution in [3.05, 3.63) is 42.9 Å². The largest absolute Gasteiger partial charge is 0.369 e. The summed E-state index contributed by atoms with van der Waals surface area (Å²) in [5.41, 5.74) is 2.36. The molecule has 2 atom stereocenters. The molecule has 206 valence electrons. The Morgan fingerprint density at radius 2 is 1.90 bits per heavy atom. The molecule has 2 aromatic heterocycles. The summed E-state index contributed by atoms with van der Waals surface area (Å²) in [7, 11) is 1.96. The van der Waals surface area contributed by atoms with Crippen molar-refractivity contribution >= 4 is 52.6 Å². The third kappa shape index (κ3) is 5.92. The van der Waals surface area contributed by atoms with Gasteiger partial charge in [-0.05, 0) is 42.7 Å². The number of halogens is 1. The maximum atomic E-state index is 13.2. The van der Waals surface area contributed by atoms with E-state index < -0.39 is 0 Å². The van der Waals surface area contributed by atoms with E-state index >= 15 is 0 Å². The van der Waals surface area contributed by atoms with Crippen molar-refractivity contribution < 1.29 is 9.59 Å². The molecule has 5 rings (SSSR count). The van der Waals surface area contributed by atoms with Gasteiger partial charge in [0, 0.05) is 63.9 Å². The number of hydrogen-bond donors (Lipinski definition) is 2. The summed E-state index contributed by atoms with van der Waals surface area (Å²) in [4.78, 5) is 40.6. The van der Waals surface area contributed by atoms with Crippen molar-refractivity contribution in [1.29, 1.82) is 5.26 Å². The van der Waals surface area contributed by atoms with Crippen LogP contribution in [0.15, 0.2) is 42.9 Å². The predicted molar refractivity (Wildman–Crippen MR) is 153 cm³/mol. The van der Waals surface area contributed by atoms with Crippen molar-refractivity contribution in [1.82, 2.24) is 24.8 Å². The molecule has 11 nitrogen and oxygen atoms in total. The van der Waals surface area contributed by atoms with E-state index in [1.807, 2.05) is 43.4 Å². The molecule has 0 aliphatic carbocycles. The number of carbonyl (C=O) groups excluding carboxylic acids is 2. The standard InChI is InChI=1S/C27H33N9O2.ClH/c1-19-8-13-35(24(37)7-10-28)17-23(19)33(2)25-22-9-14-36(26(22)31-18-30-25)27(38)32-20-3-5-21(6-4-20)34-15-11-29-12-16-34;/h3-6,9,14,18-19,23,29H,7-8,11-13,15-17H2,1-2H3,(H,32,38);1H/t19-,23+;/m1./s1. The van der Waals surface area contributed by atoms with E-state index in [2.05, 4.69) is 37.3 Å². The van der Waals surface area contributed by atoms with E-state index in [0.29, 0.717) is 36.2 Å². The van der Waals surface area contributed by atoms with E-state index in [4.69, 9.17) is 5.26 Å². The van der Waals surface area contributed by atoms with E-state index in [9.17, 15) is 9.59 Å². The van der Waals surface area contributed by atoms with Gasteiger partial charge in [-0.3, -0.25) is 9.36 Å². The number of aromatic nitrogens is 3.